The van der Waals surface area contributed by atoms with Gasteiger partial charge in [-0.15, -0.1) is 45.9 Å². The molecule has 2 atom stereocenters. The van der Waals surface area contributed by atoms with Crippen molar-refractivity contribution in [2.45, 2.75) is 44.9 Å². The summed E-state index contributed by atoms with van der Waals surface area (Å²) in [7, 11) is -4.83. The summed E-state index contributed by atoms with van der Waals surface area (Å²) in [4.78, 5) is 49.4. The molecule has 0 radical (unpaired) electrons. The number of thiophene rings is 2. The molecule has 0 bridgehead atoms. The molecule has 8 nitrogen and oxygen atoms in total. The van der Waals surface area contributed by atoms with Gasteiger partial charge in [-0.05, 0) is 65.4 Å². The Kier molecular flexibility index (Phi) is 8.11. The highest BCUT2D eigenvalue weighted by molar-refractivity contribution is 7.46. The van der Waals surface area contributed by atoms with Gasteiger partial charge in [0.15, 0.2) is 5.75 Å². The first kappa shape index (κ1) is 29.9. The maximum atomic E-state index is 13.5. The predicted octanol–water partition coefficient (Wildman–Crippen LogP) is 7.41. The van der Waals surface area contributed by atoms with Crippen molar-refractivity contribution in [3.05, 3.63) is 51.2 Å². The van der Waals surface area contributed by atoms with Crippen molar-refractivity contribution in [2.75, 3.05) is 34.6 Å². The molecule has 0 saturated carbocycles. The number of carbonyl (C=O) groups excluding carboxylic acids is 2. The summed E-state index contributed by atoms with van der Waals surface area (Å²) in [6.07, 6.45) is 0.700. The fraction of sp³-hybridized carbons (Fsp3) is 0.379. The van der Waals surface area contributed by atoms with Gasteiger partial charge in [0, 0.05) is 76.8 Å². The van der Waals surface area contributed by atoms with E-state index in [1.54, 1.807) is 21.1 Å². The van der Waals surface area contributed by atoms with Crippen LogP contribution in [0.3, 0.4) is 0 Å². The molecule has 2 aliphatic heterocycles. The van der Waals surface area contributed by atoms with Crippen molar-refractivity contribution in [1.29, 1.82) is 0 Å². The van der Waals surface area contributed by atoms with E-state index in [0.717, 1.165) is 27.8 Å². The molecule has 4 heterocycles. The van der Waals surface area contributed by atoms with E-state index < -0.39 is 7.82 Å². The van der Waals surface area contributed by atoms with Crippen LogP contribution in [-0.4, -0.2) is 46.5 Å². The lowest BCUT2D eigenvalue weighted by Crippen LogP contribution is -2.32. The number of carbonyl (C=O) groups is 2. The van der Waals surface area contributed by atoms with Gasteiger partial charge < -0.3 is 14.3 Å². The quantitative estimate of drug-likeness (QED) is 0.150. The van der Waals surface area contributed by atoms with Crippen molar-refractivity contribution in [1.82, 2.24) is 0 Å². The minimum absolute atomic E-state index is 0.0369. The molecule has 0 aliphatic carbocycles. The van der Waals surface area contributed by atoms with E-state index in [0.29, 0.717) is 35.8 Å². The van der Waals surface area contributed by atoms with Crippen molar-refractivity contribution < 1.29 is 28.5 Å². The molecule has 2 aromatic heterocycles. The van der Waals surface area contributed by atoms with Crippen LogP contribution in [0.15, 0.2) is 29.0 Å². The van der Waals surface area contributed by atoms with Crippen molar-refractivity contribution >= 4 is 97.1 Å². The minimum Gasteiger partial charge on any atom is -0.403 e. The number of rotatable bonds is 8. The Morgan fingerprint density at radius 1 is 0.929 bits per heavy atom. The summed E-state index contributed by atoms with van der Waals surface area (Å²) in [6.45, 7) is 4.87. The Morgan fingerprint density at radius 3 is 2.12 bits per heavy atom. The van der Waals surface area contributed by atoms with Crippen LogP contribution in [0.5, 0.6) is 5.75 Å². The number of hydrogen-bond acceptors (Lipinski definition) is 6. The highest BCUT2D eigenvalue weighted by Gasteiger charge is 2.37. The van der Waals surface area contributed by atoms with Crippen LogP contribution in [0.2, 0.25) is 0 Å². The number of nitrogens with zero attached hydrogens (tertiary/aromatic N) is 2. The molecule has 2 aliphatic rings. The monoisotopic (exact) mass is 666 g/mol. The van der Waals surface area contributed by atoms with Gasteiger partial charge >= 0.3 is 7.82 Å². The van der Waals surface area contributed by atoms with E-state index in [2.05, 4.69) is 18.4 Å². The van der Waals surface area contributed by atoms with Crippen LogP contribution >= 0.6 is 53.7 Å². The lowest BCUT2D eigenvalue weighted by Gasteiger charge is -2.20. The standard InChI is InChI=1S/C29H29Cl2N2O6PS2/c1-15-13-41-22-7-6-19-27(25(15)22)17(9-30)11-32(19)23(34)4-3-5-24(35)33-12-18(10-31)28-20(33)8-21(39-40(36,37)38)29-26(28)16(2)14-42-29/h6-8,13-14,17-18H,3-5,9-12H2,1-2H3,(H2,36,37,38)/t17-,18-/m1/s1. The second-order valence-electron chi connectivity index (χ2n) is 10.9. The number of amides is 2. The maximum absolute atomic E-state index is 13.5. The van der Waals surface area contributed by atoms with E-state index in [1.807, 2.05) is 18.4 Å². The first-order chi connectivity index (χ1) is 20.0. The van der Waals surface area contributed by atoms with Crippen molar-refractivity contribution in [2.24, 2.45) is 0 Å². The van der Waals surface area contributed by atoms with Gasteiger partial charge in [0.1, 0.15) is 0 Å². The molecule has 2 N–H and O–H groups in total. The second-order valence-corrected chi connectivity index (χ2v) is 14.4. The van der Waals surface area contributed by atoms with Crippen molar-refractivity contribution in [3.63, 3.8) is 0 Å². The van der Waals surface area contributed by atoms with Crippen LogP contribution in [0.1, 0.15) is 53.4 Å². The number of benzene rings is 2. The second kappa shape index (κ2) is 11.4. The predicted molar refractivity (Wildman–Crippen MR) is 171 cm³/mol. The molecule has 4 aromatic rings. The molecule has 42 heavy (non-hydrogen) atoms. The van der Waals surface area contributed by atoms with Crippen LogP contribution in [0.25, 0.3) is 20.2 Å². The fourth-order valence-corrected chi connectivity index (χ4v) is 9.29. The van der Waals surface area contributed by atoms with Crippen LogP contribution < -0.4 is 14.3 Å². The molecule has 0 fully saturated rings. The number of anilines is 2. The largest absolute Gasteiger partial charge is 0.524 e. The Labute approximate surface area is 261 Å². The highest BCUT2D eigenvalue weighted by Crippen LogP contribution is 2.52. The topological polar surface area (TPSA) is 107 Å². The third kappa shape index (κ3) is 5.15. The number of phosphoric acid groups is 1. The van der Waals surface area contributed by atoms with Crippen molar-refractivity contribution in [3.8, 4) is 5.75 Å². The smallest absolute Gasteiger partial charge is 0.403 e. The Hall–Kier alpha value is -2.17. The number of aryl methyl sites for hydroxylation is 2. The van der Waals surface area contributed by atoms with Gasteiger partial charge in [0.25, 0.3) is 0 Å². The lowest BCUT2D eigenvalue weighted by molar-refractivity contribution is -0.119. The van der Waals surface area contributed by atoms with E-state index in [4.69, 9.17) is 27.7 Å². The van der Waals surface area contributed by atoms with Gasteiger partial charge in [-0.2, -0.15) is 0 Å². The van der Waals surface area contributed by atoms with Crippen LogP contribution in [0, 0.1) is 13.8 Å². The molecule has 222 valence electrons. The molecular weight excluding hydrogens is 638 g/mol. The van der Waals surface area contributed by atoms with Gasteiger partial charge in [0.2, 0.25) is 11.8 Å². The summed E-state index contributed by atoms with van der Waals surface area (Å²) in [6, 6.07) is 5.59. The third-order valence-corrected chi connectivity index (χ3v) is 11.5. The lowest BCUT2D eigenvalue weighted by atomic mass is 9.97. The summed E-state index contributed by atoms with van der Waals surface area (Å²) < 4.78 is 18.6. The number of hydrogen-bond donors (Lipinski definition) is 2. The van der Waals surface area contributed by atoms with E-state index in [1.165, 1.54) is 33.1 Å². The Morgan fingerprint density at radius 2 is 1.50 bits per heavy atom. The zero-order valence-electron chi connectivity index (χ0n) is 22.9. The average molecular weight is 668 g/mol. The zero-order valence-corrected chi connectivity index (χ0v) is 27.0. The maximum Gasteiger partial charge on any atom is 0.524 e. The summed E-state index contributed by atoms with van der Waals surface area (Å²) in [5, 5.41) is 6.03. The van der Waals surface area contributed by atoms with Crippen LogP contribution in [-0.2, 0) is 14.2 Å². The number of phosphoric ester groups is 1. The summed E-state index contributed by atoms with van der Waals surface area (Å²) in [5.74, 6) is 0.433. The van der Waals surface area contributed by atoms with E-state index in [-0.39, 0.29) is 48.1 Å². The zero-order chi connectivity index (χ0) is 29.9. The Bertz CT molecular complexity index is 1780. The van der Waals surface area contributed by atoms with E-state index >= 15 is 0 Å². The molecule has 2 amide bonds. The first-order valence-electron chi connectivity index (χ1n) is 13.6. The summed E-state index contributed by atoms with van der Waals surface area (Å²) >= 11 is 15.7. The van der Waals surface area contributed by atoms with Gasteiger partial charge in [-0.1, -0.05) is 0 Å². The molecular formula is C29H29Cl2N2O6PS2. The first-order valence-corrected chi connectivity index (χ1v) is 17.9. The normalized spacial score (nSPS) is 18.2. The molecule has 6 rings (SSSR count). The molecule has 0 unspecified atom stereocenters. The highest BCUT2D eigenvalue weighted by atomic mass is 35.5. The number of fused-ring (bicyclic) bond motifs is 6. The summed E-state index contributed by atoms with van der Waals surface area (Å²) in [5.41, 5.74) is 5.58. The number of alkyl halides is 2. The van der Waals surface area contributed by atoms with Crippen LogP contribution in [0.4, 0.5) is 11.4 Å². The molecule has 0 spiro atoms. The third-order valence-electron chi connectivity index (χ3n) is 8.13. The molecule has 0 saturated heterocycles. The average Bonchev–Trinajstić information content (AvgIpc) is 3.70. The van der Waals surface area contributed by atoms with Gasteiger partial charge in [0.05, 0.1) is 10.4 Å². The Balaban J connectivity index is 1.21. The molecule has 2 aromatic carbocycles. The van der Waals surface area contributed by atoms with Gasteiger partial charge in [-0.3, -0.25) is 19.4 Å². The molecule has 13 heteroatoms. The van der Waals surface area contributed by atoms with E-state index in [9.17, 15) is 23.9 Å². The number of halogens is 2. The SMILES string of the molecule is Cc1csc2ccc3c(c12)[C@H](CCl)CN3C(=O)CCCC(=O)N1C[C@@H](CCl)c2c1cc(OP(=O)(O)O)c1scc(C)c21. The fourth-order valence-electron chi connectivity index (χ4n) is 6.35. The minimum atomic E-state index is -4.83. The van der Waals surface area contributed by atoms with Gasteiger partial charge in [-0.25, -0.2) is 4.57 Å².